The number of carbonyl (C=O) groups excluding carboxylic acids is 8. The van der Waals surface area contributed by atoms with E-state index in [-0.39, 0.29) is 76.2 Å². The van der Waals surface area contributed by atoms with Gasteiger partial charge in [0, 0.05) is 53.9 Å². The van der Waals surface area contributed by atoms with Crippen LogP contribution in [0.15, 0.2) is 149 Å². The first-order valence-corrected chi connectivity index (χ1v) is 41.4. The number of allylic oxidation sites excluding steroid dienone is 6. The average molecular weight is 1750 g/mol. The molecule has 4 aromatic rings. The number of primary amides is 1. The molecule has 37 heteroatoms. The third kappa shape index (κ3) is 20.6. The van der Waals surface area contributed by atoms with Crippen molar-refractivity contribution in [3.05, 3.63) is 176 Å². The number of nitrogens with zero attached hydrogens (tertiary/aromatic N) is 1. The first-order chi connectivity index (χ1) is 57.9. The van der Waals surface area contributed by atoms with Gasteiger partial charge in [-0.2, -0.15) is 0 Å². The van der Waals surface area contributed by atoms with Gasteiger partial charge in [0.15, 0.2) is 23.9 Å². The van der Waals surface area contributed by atoms with Crippen molar-refractivity contribution in [2.45, 2.75) is 200 Å². The van der Waals surface area contributed by atoms with E-state index < -0.39 is 240 Å². The number of ether oxygens (including phenoxy) is 6. The van der Waals surface area contributed by atoms with Crippen LogP contribution in [0.3, 0.4) is 0 Å². The monoisotopic (exact) mass is 1750 g/mol. The molecule has 658 valence electrons. The number of benzene rings is 4. The van der Waals surface area contributed by atoms with Crippen LogP contribution in [0.4, 0.5) is 0 Å². The number of halogens is 3. The summed E-state index contributed by atoms with van der Waals surface area (Å²) in [4.78, 5) is 123. The number of carbonyl (C=O) groups is 8. The molecule has 11 bridgehead atoms. The van der Waals surface area contributed by atoms with Gasteiger partial charge in [0.2, 0.25) is 59.3 Å². The van der Waals surface area contributed by atoms with Crippen LogP contribution >= 0.6 is 34.8 Å². The fourth-order valence-electron chi connectivity index (χ4n) is 16.2. The quantitative estimate of drug-likeness (QED) is 0.0421. The molecule has 7 heterocycles. The maximum Gasteiger partial charge on any atom is 0.248 e. The highest BCUT2D eigenvalue weighted by molar-refractivity contribution is 6.32. The molecular weight excluding hydrogens is 1650 g/mol. The van der Waals surface area contributed by atoms with Gasteiger partial charge in [0.25, 0.3) is 0 Å². The van der Waals surface area contributed by atoms with Gasteiger partial charge in [-0.1, -0.05) is 98.6 Å². The Morgan fingerprint density at radius 2 is 1.43 bits per heavy atom. The fourth-order valence-corrected chi connectivity index (χ4v) is 16.9. The normalized spacial score (nSPS) is 31.0. The maximum atomic E-state index is 16.4. The first-order valence-electron chi connectivity index (χ1n) is 40.2. The molecule has 0 saturated carbocycles. The molecule has 3 saturated heterocycles. The molecule has 7 aliphatic heterocycles. The number of aliphatic hydroxyl groups excluding tert-OH is 9. The smallest absolute Gasteiger partial charge is 0.248 e. The van der Waals surface area contributed by atoms with E-state index in [1.807, 2.05) is 69.2 Å². The van der Waals surface area contributed by atoms with E-state index in [1.54, 1.807) is 26.0 Å². The van der Waals surface area contributed by atoms with Crippen molar-refractivity contribution < 1.29 is 113 Å². The van der Waals surface area contributed by atoms with Crippen molar-refractivity contribution in [2.24, 2.45) is 23.5 Å². The minimum atomic E-state index is -2.31. The van der Waals surface area contributed by atoms with Crippen molar-refractivity contribution in [3.8, 4) is 34.1 Å². The van der Waals surface area contributed by atoms with Gasteiger partial charge >= 0.3 is 0 Å². The molecule has 10 unspecified atom stereocenters. The summed E-state index contributed by atoms with van der Waals surface area (Å²) in [7, 11) is 5.12. The van der Waals surface area contributed by atoms with Gasteiger partial charge in [-0.15, -0.1) is 11.6 Å². The molecule has 8 amide bonds. The van der Waals surface area contributed by atoms with E-state index in [0.29, 0.717) is 18.0 Å². The Morgan fingerprint density at radius 1 is 0.754 bits per heavy atom. The molecule has 34 nitrogen and oxygen atoms in total. The van der Waals surface area contributed by atoms with Crippen LogP contribution in [0.25, 0.3) is 11.1 Å². The second-order valence-corrected chi connectivity index (χ2v) is 34.0. The van der Waals surface area contributed by atoms with Gasteiger partial charge in [0.1, 0.15) is 84.0 Å². The highest BCUT2D eigenvalue weighted by atomic mass is 35.5. The first kappa shape index (κ1) is 91.6. The van der Waals surface area contributed by atoms with Gasteiger partial charge < -0.3 is 133 Å². The van der Waals surface area contributed by atoms with E-state index in [2.05, 4.69) is 47.9 Å². The second-order valence-electron chi connectivity index (χ2n) is 32.7. The Bertz CT molecular complexity index is 4820. The summed E-state index contributed by atoms with van der Waals surface area (Å²) in [5, 5.41) is 131. The Balaban J connectivity index is 1.03. The Morgan fingerprint density at radius 3 is 2.10 bits per heavy atom. The Kier molecular flexibility index (Phi) is 29.4. The zero-order valence-electron chi connectivity index (χ0n) is 68.1. The van der Waals surface area contributed by atoms with Crippen LogP contribution in [0, 0.1) is 17.8 Å². The number of amides is 8. The topological polar surface area (TPSA) is 512 Å². The number of hydrogen-bond acceptors (Lipinski definition) is 26. The van der Waals surface area contributed by atoms with Crippen LogP contribution in [-0.4, -0.2) is 248 Å². The van der Waals surface area contributed by atoms with Crippen LogP contribution in [0.5, 0.6) is 23.0 Å². The Labute approximate surface area is 718 Å². The molecular formula is C85H104Cl3N11O23. The molecule has 14 rings (SSSR count). The SMILES string of the molecule is CN[C@H](CC(C)C)C(=O)N[C@H]1C(=O)N[C@@H](CC(N)=O)C(=O)N[C@H]2C(=O)NC3C(=O)N[C@H](C(=O)N[C@H](C(=O)NCCCN(C)C)C4=CC(O)CC(O)=C4C4CC3=CC=C4O)[C@H](O)C3=CC=C(Oc4cc2cc(c4O[C@H]2OC(CO)C(O)[C@H](O)C2O[C@H]2CC(C)(NCc4ccc(-c5ccc(Cl)cc5)cc4)[C@H](O)C(C)O2)Oc2ccc(cc2Cl)[C@H]1O)C(Cl)C3C. The molecule has 4 aromatic carbocycles. The predicted molar refractivity (Wildman–Crippen MR) is 443 cm³/mol. The molecule has 22 atom stereocenters. The van der Waals surface area contributed by atoms with Crippen LogP contribution < -0.4 is 67.8 Å². The number of alkyl halides is 1. The molecule has 122 heavy (non-hydrogen) atoms. The van der Waals surface area contributed by atoms with Gasteiger partial charge in [0.05, 0.1) is 53.5 Å². The largest absolute Gasteiger partial charge is 0.512 e. The summed E-state index contributed by atoms with van der Waals surface area (Å²) in [6.07, 6.45) is -14.2. The molecule has 0 spiro atoms. The summed E-state index contributed by atoms with van der Waals surface area (Å²) in [5.41, 5.74) is 6.20. The van der Waals surface area contributed by atoms with E-state index in [0.717, 1.165) is 34.9 Å². The van der Waals surface area contributed by atoms with Crippen molar-refractivity contribution in [1.82, 2.24) is 52.8 Å². The van der Waals surface area contributed by atoms with Crippen molar-refractivity contribution in [3.63, 3.8) is 0 Å². The predicted octanol–water partition coefficient (Wildman–Crippen LogP) is 2.63. The number of rotatable bonds is 21. The molecule has 10 aliphatic rings. The number of likely N-dealkylation sites (N-methyl/N-ethyl adjacent to an activating group) is 1. The van der Waals surface area contributed by atoms with Crippen molar-refractivity contribution >= 4 is 82.1 Å². The molecule has 3 aliphatic carbocycles. The van der Waals surface area contributed by atoms with E-state index in [4.69, 9.17) is 69.0 Å². The maximum absolute atomic E-state index is 16.4. The lowest BCUT2D eigenvalue weighted by Gasteiger charge is -2.48. The van der Waals surface area contributed by atoms with E-state index in [1.165, 1.54) is 56.5 Å². The van der Waals surface area contributed by atoms with Crippen LogP contribution in [0.2, 0.25) is 10.0 Å². The fraction of sp³-hybridized carbons (Fsp3) is 0.482. The van der Waals surface area contributed by atoms with Crippen molar-refractivity contribution in [1.29, 1.82) is 0 Å². The summed E-state index contributed by atoms with van der Waals surface area (Å²) in [6, 6.07) is 7.36. The minimum Gasteiger partial charge on any atom is -0.512 e. The van der Waals surface area contributed by atoms with Crippen molar-refractivity contribution in [2.75, 3.05) is 40.8 Å². The Hall–Kier alpha value is -9.57. The summed E-state index contributed by atoms with van der Waals surface area (Å²) in [6.45, 7) is 8.31. The third-order valence-corrected chi connectivity index (χ3v) is 24.2. The zero-order chi connectivity index (χ0) is 88.2. The molecule has 20 N–H and O–H groups in total. The highest BCUT2D eigenvalue weighted by Crippen LogP contribution is 2.49. The number of aliphatic hydroxyl groups is 9. The zero-order valence-corrected chi connectivity index (χ0v) is 70.3. The van der Waals surface area contributed by atoms with Gasteiger partial charge in [-0.25, -0.2) is 0 Å². The number of nitrogens with two attached hydrogens (primary N) is 1. The standard InChI is InChI=1S/C85H104Cl3N11O23/c1-37(2)26-52(90-6)77(110)97-68-70(105)44-17-22-56(51(87)28-44)118-58-29-45-30-59(74(58)122-84-75(73(108)72(107)60(36-100)120-84)121-62-34-85(5,76(109)39(4)117-62)92-35-40-10-12-41(13-11-40)42-14-18-46(86)19-15-42)119-57-23-20-48(38(3)64(57)88)71(106)69-83(116)96-67(79(112)91-24-9-25-99(7)8)50-31-47(101)32-55(103)63(50)49-27-43(16-21-54(49)102)65(80(113)98-69)95-81(114)66(45)94-78(111)53(33-61(89)104)93-82(68)115/h10-23,28-31,37-39,47,49,52-53,60,62,64-73,75-76,84,90,92,100-103,105-109H,9,24-27,32-36H2,1-8H3,(H2,89,104)(H,91,112)(H,93,115)(H,94,111)(H,95,114)(H,96,116)(H,97,110)(H,98,113)/t38?,39?,47?,49?,52-,53+,60?,62+,64?,65?,66-,67+,68-,69+,70-,71-,72?,73+,75?,76-,84-,85?/m1/s1. The summed E-state index contributed by atoms with van der Waals surface area (Å²) < 4.78 is 40.1. The van der Waals surface area contributed by atoms with Crippen LogP contribution in [-0.2, 0) is 59.1 Å². The van der Waals surface area contributed by atoms with E-state index >= 15 is 24.0 Å². The molecule has 3 fully saturated rings. The van der Waals surface area contributed by atoms with Gasteiger partial charge in [-0.3, -0.25) is 38.4 Å². The molecule has 0 aromatic heterocycles. The number of hydrogen-bond donors (Lipinski definition) is 19. The lowest BCUT2D eigenvalue weighted by Crippen LogP contribution is -2.65. The lowest BCUT2D eigenvalue weighted by atomic mass is 9.75. The number of fused-ring (bicyclic) bond motifs is 15. The van der Waals surface area contributed by atoms with Crippen LogP contribution in [0.1, 0.15) is 102 Å². The lowest BCUT2D eigenvalue weighted by molar-refractivity contribution is -0.334. The minimum absolute atomic E-state index is 0.0377. The highest BCUT2D eigenvalue weighted by Gasteiger charge is 2.53. The average Bonchev–Trinajstić information content (AvgIpc) is 0.764. The summed E-state index contributed by atoms with van der Waals surface area (Å²) >= 11 is 20.9. The third-order valence-electron chi connectivity index (χ3n) is 23.0. The molecule has 0 radical (unpaired) electrons. The second kappa shape index (κ2) is 39.1. The summed E-state index contributed by atoms with van der Waals surface area (Å²) in [5.74, 6) is -15.4. The number of nitrogens with one attached hydrogen (secondary N) is 9. The van der Waals surface area contributed by atoms with Gasteiger partial charge in [-0.05, 0) is 166 Å². The van der Waals surface area contributed by atoms with E-state index in [9.17, 15) is 60.3 Å².